The molecular formula is C21H25NO3. The van der Waals surface area contributed by atoms with Crippen molar-refractivity contribution in [1.82, 2.24) is 4.90 Å². The van der Waals surface area contributed by atoms with E-state index in [0.717, 1.165) is 38.4 Å². The predicted octanol–water partition coefficient (Wildman–Crippen LogP) is 3.56. The maximum atomic E-state index is 11.3. The molecule has 1 aliphatic rings. The third kappa shape index (κ3) is 5.41. The lowest BCUT2D eigenvalue weighted by Gasteiger charge is -2.24. The van der Waals surface area contributed by atoms with Gasteiger partial charge in [-0.1, -0.05) is 30.3 Å². The number of rotatable bonds is 6. The van der Waals surface area contributed by atoms with Crippen LogP contribution in [0.2, 0.25) is 0 Å². The topological polar surface area (TPSA) is 38.8 Å². The Kier molecular flexibility index (Phi) is 6.20. The predicted molar refractivity (Wildman–Crippen MR) is 98.0 cm³/mol. The highest BCUT2D eigenvalue weighted by atomic mass is 16.5. The zero-order valence-corrected chi connectivity index (χ0v) is 14.7. The van der Waals surface area contributed by atoms with Gasteiger partial charge in [0.2, 0.25) is 0 Å². The van der Waals surface area contributed by atoms with Crippen LogP contribution in [0.1, 0.15) is 29.3 Å². The van der Waals surface area contributed by atoms with Crippen molar-refractivity contribution in [3.05, 3.63) is 65.7 Å². The number of ketones is 1. The molecule has 1 heterocycles. The van der Waals surface area contributed by atoms with Crippen LogP contribution in [0.25, 0.3) is 0 Å². The molecule has 0 N–H and O–H groups in total. The van der Waals surface area contributed by atoms with Crippen LogP contribution in [0.4, 0.5) is 0 Å². The number of Topliss-reactive ketones (excluding diaryl/α,β-unsaturated/α-hetero) is 1. The SMILES string of the molecule is CC(=O)c1ccc(OC[C@@H]2CN(Cc3ccccc3)CCCO2)cc1. The first kappa shape index (κ1) is 17.6. The average molecular weight is 339 g/mol. The van der Waals surface area contributed by atoms with Crippen molar-refractivity contribution >= 4 is 5.78 Å². The molecule has 0 unspecified atom stereocenters. The van der Waals surface area contributed by atoms with Gasteiger partial charge in [-0.25, -0.2) is 0 Å². The molecule has 0 aromatic heterocycles. The van der Waals surface area contributed by atoms with E-state index in [0.29, 0.717) is 12.2 Å². The third-order valence-electron chi connectivity index (χ3n) is 4.38. The number of carbonyl (C=O) groups is 1. The Bertz CT molecular complexity index is 669. The molecule has 1 saturated heterocycles. The van der Waals surface area contributed by atoms with Gasteiger partial charge in [0, 0.05) is 31.8 Å². The molecule has 0 spiro atoms. The largest absolute Gasteiger partial charge is 0.491 e. The quantitative estimate of drug-likeness (QED) is 0.755. The second-order valence-corrected chi connectivity index (χ2v) is 6.46. The van der Waals surface area contributed by atoms with Crippen molar-refractivity contribution < 1.29 is 14.3 Å². The molecule has 4 heteroatoms. The highest BCUT2D eigenvalue weighted by molar-refractivity contribution is 5.94. The van der Waals surface area contributed by atoms with Crippen LogP contribution in [0, 0.1) is 0 Å². The van der Waals surface area contributed by atoms with Gasteiger partial charge in [0.25, 0.3) is 0 Å². The first-order valence-corrected chi connectivity index (χ1v) is 8.82. The zero-order chi connectivity index (χ0) is 17.5. The van der Waals surface area contributed by atoms with Gasteiger partial charge in [0.15, 0.2) is 5.78 Å². The standard InChI is InChI=1S/C21H25NO3/c1-17(23)19-8-10-20(11-9-19)25-16-21-15-22(12-5-13-24-21)14-18-6-3-2-4-7-18/h2-4,6-11,21H,5,12-16H2,1H3/t21-/m0/s1. The summed E-state index contributed by atoms with van der Waals surface area (Å²) in [6.45, 7) is 5.69. The fourth-order valence-corrected chi connectivity index (χ4v) is 3.03. The summed E-state index contributed by atoms with van der Waals surface area (Å²) in [5.74, 6) is 0.836. The zero-order valence-electron chi connectivity index (χ0n) is 14.7. The van der Waals surface area contributed by atoms with Gasteiger partial charge in [0.05, 0.1) is 0 Å². The Morgan fingerprint density at radius 2 is 1.92 bits per heavy atom. The van der Waals surface area contributed by atoms with Crippen LogP contribution in [0.5, 0.6) is 5.75 Å². The lowest BCUT2D eigenvalue weighted by molar-refractivity contribution is 0.0201. The van der Waals surface area contributed by atoms with Crippen molar-refractivity contribution in [3.8, 4) is 5.75 Å². The molecule has 132 valence electrons. The molecule has 0 aliphatic carbocycles. The molecular weight excluding hydrogens is 314 g/mol. The normalized spacial score (nSPS) is 18.5. The van der Waals surface area contributed by atoms with Gasteiger partial charge < -0.3 is 9.47 Å². The van der Waals surface area contributed by atoms with E-state index in [4.69, 9.17) is 9.47 Å². The van der Waals surface area contributed by atoms with E-state index in [2.05, 4.69) is 29.2 Å². The fourth-order valence-electron chi connectivity index (χ4n) is 3.03. The summed E-state index contributed by atoms with van der Waals surface area (Å²) in [6, 6.07) is 17.8. The smallest absolute Gasteiger partial charge is 0.159 e. The molecule has 1 atom stereocenters. The molecule has 2 aromatic carbocycles. The van der Waals surface area contributed by atoms with E-state index in [1.165, 1.54) is 5.56 Å². The molecule has 0 amide bonds. The minimum Gasteiger partial charge on any atom is -0.491 e. The fraction of sp³-hybridized carbons (Fsp3) is 0.381. The summed E-state index contributed by atoms with van der Waals surface area (Å²) in [5.41, 5.74) is 2.02. The molecule has 0 radical (unpaired) electrons. The summed E-state index contributed by atoms with van der Waals surface area (Å²) in [6.07, 6.45) is 1.09. The van der Waals surface area contributed by atoms with Crippen molar-refractivity contribution in [1.29, 1.82) is 0 Å². The van der Waals surface area contributed by atoms with E-state index in [1.807, 2.05) is 18.2 Å². The lowest BCUT2D eigenvalue weighted by atomic mass is 10.1. The number of benzene rings is 2. The highest BCUT2D eigenvalue weighted by Gasteiger charge is 2.19. The summed E-state index contributed by atoms with van der Waals surface area (Å²) >= 11 is 0. The molecule has 0 bridgehead atoms. The molecule has 2 aromatic rings. The Balaban J connectivity index is 1.53. The monoisotopic (exact) mass is 339 g/mol. The maximum Gasteiger partial charge on any atom is 0.159 e. The number of carbonyl (C=O) groups excluding carboxylic acids is 1. The minimum atomic E-state index is 0.0543. The van der Waals surface area contributed by atoms with Crippen LogP contribution in [-0.4, -0.2) is 43.1 Å². The van der Waals surface area contributed by atoms with Gasteiger partial charge in [-0.2, -0.15) is 0 Å². The molecule has 0 saturated carbocycles. The van der Waals surface area contributed by atoms with Gasteiger partial charge >= 0.3 is 0 Å². The second-order valence-electron chi connectivity index (χ2n) is 6.46. The first-order valence-electron chi connectivity index (χ1n) is 8.82. The highest BCUT2D eigenvalue weighted by Crippen LogP contribution is 2.15. The Morgan fingerprint density at radius 1 is 1.16 bits per heavy atom. The van der Waals surface area contributed by atoms with Crippen LogP contribution in [0.15, 0.2) is 54.6 Å². The second kappa shape index (κ2) is 8.79. The summed E-state index contributed by atoms with van der Waals surface area (Å²) in [4.78, 5) is 13.7. The first-order chi connectivity index (χ1) is 12.2. The summed E-state index contributed by atoms with van der Waals surface area (Å²) in [5, 5.41) is 0. The van der Waals surface area contributed by atoms with Gasteiger partial charge in [-0.3, -0.25) is 9.69 Å². The van der Waals surface area contributed by atoms with E-state index in [9.17, 15) is 4.79 Å². The molecule has 3 rings (SSSR count). The number of ether oxygens (including phenoxy) is 2. The third-order valence-corrected chi connectivity index (χ3v) is 4.38. The van der Waals surface area contributed by atoms with Crippen LogP contribution in [0.3, 0.4) is 0 Å². The van der Waals surface area contributed by atoms with Gasteiger partial charge in [-0.15, -0.1) is 0 Å². The number of hydrogen-bond donors (Lipinski definition) is 0. The van der Waals surface area contributed by atoms with Crippen LogP contribution >= 0.6 is 0 Å². The average Bonchev–Trinajstić information content (AvgIpc) is 2.86. The van der Waals surface area contributed by atoms with E-state index in [1.54, 1.807) is 19.1 Å². The molecule has 1 aliphatic heterocycles. The molecule has 4 nitrogen and oxygen atoms in total. The Morgan fingerprint density at radius 3 is 2.64 bits per heavy atom. The van der Waals surface area contributed by atoms with Crippen LogP contribution in [-0.2, 0) is 11.3 Å². The van der Waals surface area contributed by atoms with E-state index < -0.39 is 0 Å². The Hall–Kier alpha value is -2.17. The van der Waals surface area contributed by atoms with Gasteiger partial charge in [0.1, 0.15) is 18.5 Å². The maximum absolute atomic E-state index is 11.3. The van der Waals surface area contributed by atoms with E-state index >= 15 is 0 Å². The summed E-state index contributed by atoms with van der Waals surface area (Å²) < 4.78 is 11.8. The lowest BCUT2D eigenvalue weighted by Crippen LogP contribution is -2.34. The molecule has 1 fully saturated rings. The van der Waals surface area contributed by atoms with Crippen molar-refractivity contribution in [2.24, 2.45) is 0 Å². The van der Waals surface area contributed by atoms with Crippen LogP contribution < -0.4 is 4.74 Å². The number of hydrogen-bond acceptors (Lipinski definition) is 4. The van der Waals surface area contributed by atoms with Crippen molar-refractivity contribution in [2.45, 2.75) is 26.0 Å². The summed E-state index contributed by atoms with van der Waals surface area (Å²) in [7, 11) is 0. The van der Waals surface area contributed by atoms with E-state index in [-0.39, 0.29) is 11.9 Å². The number of nitrogens with zero attached hydrogens (tertiary/aromatic N) is 1. The molecule has 25 heavy (non-hydrogen) atoms. The Labute approximate surface area is 149 Å². The minimum absolute atomic E-state index is 0.0543. The van der Waals surface area contributed by atoms with Gasteiger partial charge in [-0.05, 0) is 43.2 Å². The van der Waals surface area contributed by atoms with Crippen molar-refractivity contribution in [2.75, 3.05) is 26.3 Å². The van der Waals surface area contributed by atoms with Crippen molar-refractivity contribution in [3.63, 3.8) is 0 Å².